The molecule has 0 aliphatic carbocycles. The first-order chi connectivity index (χ1) is 5.54. The van der Waals surface area contributed by atoms with Gasteiger partial charge in [-0.05, 0) is 6.07 Å². The number of anilines is 1. The topological polar surface area (TPSA) is 91.2 Å². The zero-order valence-corrected chi connectivity index (χ0v) is 6.35. The molecule has 0 saturated carbocycles. The number of hydrogen-bond acceptors (Lipinski definition) is 4. The van der Waals surface area contributed by atoms with Crippen LogP contribution in [0.5, 0.6) is 0 Å². The number of nitrogen functional groups attached to an aromatic ring is 1. The molecule has 0 amide bonds. The van der Waals surface area contributed by atoms with Crippen LogP contribution >= 0.6 is 0 Å². The normalized spacial score (nSPS) is 9.75. The van der Waals surface area contributed by atoms with Gasteiger partial charge in [-0.15, -0.1) is 0 Å². The van der Waals surface area contributed by atoms with Gasteiger partial charge in [-0.1, -0.05) is 0 Å². The van der Waals surface area contributed by atoms with Gasteiger partial charge in [0.1, 0.15) is 5.69 Å². The zero-order chi connectivity index (χ0) is 9.30. The fourth-order valence-electron chi connectivity index (χ4n) is 0.813. The molecule has 0 saturated heterocycles. The van der Waals surface area contributed by atoms with Gasteiger partial charge in [0, 0.05) is 13.2 Å². The summed E-state index contributed by atoms with van der Waals surface area (Å²) in [5.74, 6) is 0. The Hall–Kier alpha value is -1.85. The molecule has 64 valence electrons. The monoisotopic (exact) mass is 169 g/mol. The number of rotatable bonds is 1. The predicted molar refractivity (Wildman–Crippen MR) is 42.7 cm³/mol. The second kappa shape index (κ2) is 2.65. The quantitative estimate of drug-likeness (QED) is 0.468. The molecule has 0 aliphatic rings. The molecule has 0 atom stereocenters. The predicted octanol–water partition coefficient (Wildman–Crippen LogP) is -0.124. The minimum atomic E-state index is -0.780. The van der Waals surface area contributed by atoms with E-state index in [1.165, 1.54) is 19.3 Å². The van der Waals surface area contributed by atoms with Crippen LogP contribution in [0.2, 0.25) is 0 Å². The van der Waals surface area contributed by atoms with Crippen LogP contribution in [0.1, 0.15) is 0 Å². The molecule has 6 nitrogen and oxygen atoms in total. The van der Waals surface area contributed by atoms with Crippen molar-refractivity contribution in [3.63, 3.8) is 0 Å². The molecule has 6 heteroatoms. The van der Waals surface area contributed by atoms with E-state index in [9.17, 15) is 14.9 Å². The molecule has 12 heavy (non-hydrogen) atoms. The second-order valence-electron chi connectivity index (χ2n) is 2.29. The number of nitrogens with two attached hydrogens (primary N) is 1. The number of aromatic nitrogens is 1. The summed E-state index contributed by atoms with van der Waals surface area (Å²) in [7, 11) is 1.43. The highest BCUT2D eigenvalue weighted by molar-refractivity contribution is 5.55. The van der Waals surface area contributed by atoms with Gasteiger partial charge in [-0.3, -0.25) is 14.9 Å². The summed E-state index contributed by atoms with van der Waals surface area (Å²) in [6, 6.07) is 1.32. The summed E-state index contributed by atoms with van der Waals surface area (Å²) in [5, 5.41) is 10.3. The van der Waals surface area contributed by atoms with E-state index in [4.69, 9.17) is 5.73 Å². The van der Waals surface area contributed by atoms with Crippen LogP contribution in [0.4, 0.5) is 11.4 Å². The van der Waals surface area contributed by atoms with Crippen molar-refractivity contribution in [3.05, 3.63) is 32.7 Å². The zero-order valence-electron chi connectivity index (χ0n) is 6.35. The Morgan fingerprint density at radius 3 is 2.67 bits per heavy atom. The number of hydrogen-bond donors (Lipinski definition) is 1. The first-order valence-electron chi connectivity index (χ1n) is 3.13. The van der Waals surface area contributed by atoms with E-state index >= 15 is 0 Å². The highest BCUT2D eigenvalue weighted by Crippen LogP contribution is 2.13. The fourth-order valence-corrected chi connectivity index (χ4v) is 0.813. The molecule has 0 fully saturated rings. The van der Waals surface area contributed by atoms with Crippen molar-refractivity contribution in [1.82, 2.24) is 4.57 Å². The van der Waals surface area contributed by atoms with Crippen molar-refractivity contribution in [3.8, 4) is 0 Å². The lowest BCUT2D eigenvalue weighted by atomic mass is 10.3. The van der Waals surface area contributed by atoms with Crippen LogP contribution in [-0.2, 0) is 7.05 Å². The third kappa shape index (κ3) is 1.14. The van der Waals surface area contributed by atoms with Crippen LogP contribution in [-0.4, -0.2) is 9.49 Å². The van der Waals surface area contributed by atoms with E-state index in [2.05, 4.69) is 0 Å². The van der Waals surface area contributed by atoms with E-state index < -0.39 is 16.2 Å². The molecular formula is C6H7N3O3. The van der Waals surface area contributed by atoms with Crippen molar-refractivity contribution in [2.45, 2.75) is 0 Å². The smallest absolute Gasteiger partial charge is 0.356 e. The average molecular weight is 169 g/mol. The van der Waals surface area contributed by atoms with Gasteiger partial charge in [0.05, 0.1) is 4.92 Å². The summed E-state index contributed by atoms with van der Waals surface area (Å²) in [6.45, 7) is 0. The van der Waals surface area contributed by atoms with Gasteiger partial charge in [0.2, 0.25) is 0 Å². The molecule has 1 aromatic rings. The molecule has 1 heterocycles. The maximum Gasteiger partial charge on any atom is 0.356 e. The Bertz CT molecular complexity index is 382. The van der Waals surface area contributed by atoms with E-state index in [1.54, 1.807) is 0 Å². The van der Waals surface area contributed by atoms with Gasteiger partial charge in [0.15, 0.2) is 0 Å². The first-order valence-corrected chi connectivity index (χ1v) is 3.13. The Kier molecular flexibility index (Phi) is 1.82. The number of aryl methyl sites for hydroxylation is 1. The van der Waals surface area contributed by atoms with Crippen LogP contribution in [0.3, 0.4) is 0 Å². The van der Waals surface area contributed by atoms with Crippen LogP contribution in [0, 0.1) is 10.1 Å². The number of nitro groups is 1. The van der Waals surface area contributed by atoms with Gasteiger partial charge >= 0.3 is 11.2 Å². The average Bonchev–Trinajstić information content (AvgIpc) is 1.97. The third-order valence-corrected chi connectivity index (χ3v) is 1.46. The molecule has 0 aliphatic heterocycles. The number of nitrogens with zero attached hydrogens (tertiary/aromatic N) is 2. The van der Waals surface area contributed by atoms with E-state index in [0.717, 1.165) is 4.57 Å². The summed E-state index contributed by atoms with van der Waals surface area (Å²) in [4.78, 5) is 20.6. The van der Waals surface area contributed by atoms with Crippen molar-refractivity contribution in [2.24, 2.45) is 7.05 Å². The molecule has 0 unspecified atom stereocenters. The summed E-state index contributed by atoms with van der Waals surface area (Å²) in [5.41, 5.74) is 3.86. The minimum absolute atomic E-state index is 0.108. The Morgan fingerprint density at radius 2 is 2.25 bits per heavy atom. The Labute approximate surface area is 67.4 Å². The van der Waals surface area contributed by atoms with Crippen LogP contribution in [0.15, 0.2) is 17.1 Å². The van der Waals surface area contributed by atoms with Crippen LogP contribution < -0.4 is 11.3 Å². The first kappa shape index (κ1) is 8.25. The second-order valence-corrected chi connectivity index (χ2v) is 2.29. The Balaban J connectivity index is 3.55. The van der Waals surface area contributed by atoms with Gasteiger partial charge in [-0.2, -0.15) is 0 Å². The largest absolute Gasteiger partial charge is 0.393 e. The maximum absolute atomic E-state index is 11.1. The van der Waals surface area contributed by atoms with Crippen molar-refractivity contribution >= 4 is 11.4 Å². The van der Waals surface area contributed by atoms with Gasteiger partial charge in [-0.25, -0.2) is 0 Å². The standard InChI is InChI=1S/C6H7N3O3/c1-8-3-2-4(7)5(6(8)10)9(11)12/h2-3H,7H2,1H3. The molecule has 1 rings (SSSR count). The molecular weight excluding hydrogens is 162 g/mol. The minimum Gasteiger partial charge on any atom is -0.393 e. The number of pyridine rings is 1. The molecule has 0 radical (unpaired) electrons. The Morgan fingerprint density at radius 1 is 1.67 bits per heavy atom. The summed E-state index contributed by atoms with van der Waals surface area (Å²) < 4.78 is 1.11. The lowest BCUT2D eigenvalue weighted by Crippen LogP contribution is -2.20. The SMILES string of the molecule is Cn1ccc(N)c([N+](=O)[O-])c1=O. The maximum atomic E-state index is 11.1. The van der Waals surface area contributed by atoms with Gasteiger partial charge in [0.25, 0.3) is 0 Å². The van der Waals surface area contributed by atoms with Crippen molar-refractivity contribution in [2.75, 3.05) is 5.73 Å². The van der Waals surface area contributed by atoms with Crippen molar-refractivity contribution < 1.29 is 4.92 Å². The lowest BCUT2D eigenvalue weighted by Gasteiger charge is -1.98. The lowest BCUT2D eigenvalue weighted by molar-refractivity contribution is -0.385. The molecule has 0 aromatic carbocycles. The van der Waals surface area contributed by atoms with E-state index in [1.807, 2.05) is 0 Å². The highest BCUT2D eigenvalue weighted by atomic mass is 16.6. The van der Waals surface area contributed by atoms with E-state index in [-0.39, 0.29) is 5.69 Å². The van der Waals surface area contributed by atoms with Gasteiger partial charge < -0.3 is 10.3 Å². The summed E-state index contributed by atoms with van der Waals surface area (Å²) in [6.07, 6.45) is 1.38. The summed E-state index contributed by atoms with van der Waals surface area (Å²) >= 11 is 0. The molecule has 1 aromatic heterocycles. The third-order valence-electron chi connectivity index (χ3n) is 1.46. The van der Waals surface area contributed by atoms with Crippen molar-refractivity contribution in [1.29, 1.82) is 0 Å². The van der Waals surface area contributed by atoms with Crippen LogP contribution in [0.25, 0.3) is 0 Å². The highest BCUT2D eigenvalue weighted by Gasteiger charge is 2.17. The fraction of sp³-hybridized carbons (Fsp3) is 0.167. The molecule has 0 spiro atoms. The molecule has 2 N–H and O–H groups in total. The molecule has 0 bridgehead atoms. The van der Waals surface area contributed by atoms with E-state index in [0.29, 0.717) is 0 Å².